The van der Waals surface area contributed by atoms with Crippen molar-refractivity contribution in [2.45, 2.75) is 32.5 Å². The highest BCUT2D eigenvalue weighted by atomic mass is 16.6. The van der Waals surface area contributed by atoms with Crippen LogP contribution in [0, 0.1) is 6.92 Å². The first-order valence-electron chi connectivity index (χ1n) is 14.9. The van der Waals surface area contributed by atoms with E-state index in [2.05, 4.69) is 74.5 Å². The molecule has 0 N–H and O–H groups in total. The third kappa shape index (κ3) is 6.91. The van der Waals surface area contributed by atoms with Crippen LogP contribution in [0.5, 0.6) is 28.7 Å². The van der Waals surface area contributed by atoms with Crippen LogP contribution >= 0.6 is 0 Å². The fraction of sp³-hybridized carbons (Fsp3) is 0.211. The Morgan fingerprint density at radius 1 is 0.512 bits per heavy atom. The van der Waals surface area contributed by atoms with Crippen molar-refractivity contribution < 1.29 is 23.7 Å². The van der Waals surface area contributed by atoms with E-state index in [0.717, 1.165) is 63.5 Å². The van der Waals surface area contributed by atoms with Crippen LogP contribution in [0.3, 0.4) is 0 Å². The van der Waals surface area contributed by atoms with Crippen LogP contribution in [0.25, 0.3) is 32.3 Å². The summed E-state index contributed by atoms with van der Waals surface area (Å²) in [5, 5.41) is 6.75. The Morgan fingerprint density at radius 2 is 0.907 bits per heavy atom. The third-order valence-electron chi connectivity index (χ3n) is 7.70. The molecule has 0 radical (unpaired) electrons. The molecular formula is C38H34O5. The van der Waals surface area contributed by atoms with Crippen molar-refractivity contribution in [1.29, 1.82) is 0 Å². The highest BCUT2D eigenvalue weighted by Gasteiger charge is 2.23. The summed E-state index contributed by atoms with van der Waals surface area (Å²) in [7, 11) is 0. The second-order valence-electron chi connectivity index (χ2n) is 11.2. The maximum Gasteiger partial charge on any atom is 0.128 e. The van der Waals surface area contributed by atoms with Gasteiger partial charge in [-0.05, 0) is 106 Å². The van der Waals surface area contributed by atoms with Gasteiger partial charge in [-0.15, -0.1) is 0 Å². The Kier molecular flexibility index (Phi) is 7.58. The number of rotatable bonds is 8. The van der Waals surface area contributed by atoms with Gasteiger partial charge in [0.1, 0.15) is 41.5 Å². The third-order valence-corrected chi connectivity index (χ3v) is 7.70. The zero-order valence-electron chi connectivity index (χ0n) is 24.4. The van der Waals surface area contributed by atoms with Gasteiger partial charge in [-0.1, -0.05) is 61.0 Å². The van der Waals surface area contributed by atoms with E-state index in [4.69, 9.17) is 23.7 Å². The van der Waals surface area contributed by atoms with Crippen LogP contribution in [0.1, 0.15) is 18.9 Å². The van der Waals surface area contributed by atoms with Crippen molar-refractivity contribution >= 4 is 32.3 Å². The first-order valence-corrected chi connectivity index (χ1v) is 14.9. The fourth-order valence-electron chi connectivity index (χ4n) is 5.02. The molecule has 0 saturated carbocycles. The lowest BCUT2D eigenvalue weighted by Crippen LogP contribution is -2.03. The zero-order valence-corrected chi connectivity index (χ0v) is 24.4. The maximum atomic E-state index is 6.26. The molecular weight excluding hydrogens is 536 g/mol. The van der Waals surface area contributed by atoms with E-state index in [1.165, 1.54) is 22.8 Å². The molecule has 6 aromatic rings. The summed E-state index contributed by atoms with van der Waals surface area (Å²) in [6.07, 6.45) is 2.06. The summed E-state index contributed by atoms with van der Waals surface area (Å²) in [5.41, 5.74) is 1.23. The lowest BCUT2D eigenvalue weighted by atomic mass is 10.1. The lowest BCUT2D eigenvalue weighted by Gasteiger charge is -2.11. The Bertz CT molecular complexity index is 1900. The first kappa shape index (κ1) is 27.3. The molecule has 2 heterocycles. The zero-order chi connectivity index (χ0) is 29.2. The quantitative estimate of drug-likeness (QED) is 0.171. The van der Waals surface area contributed by atoms with E-state index in [1.807, 2.05) is 48.5 Å². The van der Waals surface area contributed by atoms with Crippen LogP contribution in [0.4, 0.5) is 0 Å². The molecule has 5 heteroatoms. The molecule has 5 nitrogen and oxygen atoms in total. The van der Waals surface area contributed by atoms with E-state index in [-0.39, 0.29) is 6.10 Å². The largest absolute Gasteiger partial charge is 0.491 e. The minimum absolute atomic E-state index is 0.232. The van der Waals surface area contributed by atoms with Crippen LogP contribution in [0.15, 0.2) is 109 Å². The fourth-order valence-corrected chi connectivity index (χ4v) is 5.02. The van der Waals surface area contributed by atoms with E-state index in [1.54, 1.807) is 0 Å². The summed E-state index contributed by atoms with van der Waals surface area (Å²) >= 11 is 0. The SMILES string of the molecule is CCC1CO1.Cc1ccc2ccc(Oc3ccc4ccc(Oc5ccc6ccc(OCC7CO7)cc6c5)cc4c3)cc2c1. The molecule has 43 heavy (non-hydrogen) atoms. The molecule has 2 saturated heterocycles. The van der Waals surface area contributed by atoms with Gasteiger partial charge >= 0.3 is 0 Å². The highest BCUT2D eigenvalue weighted by Crippen LogP contribution is 2.33. The van der Waals surface area contributed by atoms with E-state index < -0.39 is 0 Å². The lowest BCUT2D eigenvalue weighted by molar-refractivity contribution is 0.263. The number of benzene rings is 6. The van der Waals surface area contributed by atoms with E-state index in [0.29, 0.717) is 12.7 Å². The monoisotopic (exact) mass is 570 g/mol. The van der Waals surface area contributed by atoms with Gasteiger partial charge in [0.15, 0.2) is 0 Å². The highest BCUT2D eigenvalue weighted by molar-refractivity contribution is 5.87. The topological polar surface area (TPSA) is 52.8 Å². The average Bonchev–Trinajstić information content (AvgIpc) is 3.95. The molecule has 8 rings (SSSR count). The molecule has 2 aliphatic rings. The number of ether oxygens (including phenoxy) is 5. The average molecular weight is 571 g/mol. The van der Waals surface area contributed by atoms with Gasteiger partial charge in [-0.2, -0.15) is 0 Å². The normalized spacial score (nSPS) is 16.9. The van der Waals surface area contributed by atoms with Gasteiger partial charge in [0.25, 0.3) is 0 Å². The van der Waals surface area contributed by atoms with E-state index >= 15 is 0 Å². The van der Waals surface area contributed by atoms with Gasteiger partial charge in [0.05, 0.1) is 19.3 Å². The smallest absolute Gasteiger partial charge is 0.128 e. The van der Waals surface area contributed by atoms with Crippen molar-refractivity contribution in [3.63, 3.8) is 0 Å². The van der Waals surface area contributed by atoms with Gasteiger partial charge in [0, 0.05) is 0 Å². The van der Waals surface area contributed by atoms with Crippen LogP contribution in [0.2, 0.25) is 0 Å². The first-order chi connectivity index (χ1) is 21.1. The molecule has 0 spiro atoms. The standard InChI is InChI=1S/C34H26O4.C4H8O/c1-22-2-3-23-5-10-30(16-26(23)14-22)37-32-12-7-25-8-13-33(19-28(25)18-32)38-31-11-6-24-4-9-29(15-27(24)17-31)35-20-34-21-36-34;1-2-4-3-5-4/h2-19,34H,20-21H2,1H3;4H,2-3H2,1H3. The maximum absolute atomic E-state index is 6.26. The minimum atomic E-state index is 0.232. The van der Waals surface area contributed by atoms with Gasteiger partial charge in [-0.3, -0.25) is 0 Å². The van der Waals surface area contributed by atoms with Crippen molar-refractivity contribution in [3.05, 3.63) is 115 Å². The molecule has 2 aliphatic heterocycles. The molecule has 0 aliphatic carbocycles. The summed E-state index contributed by atoms with van der Waals surface area (Å²) < 4.78 is 28.4. The van der Waals surface area contributed by atoms with Crippen LogP contribution in [-0.4, -0.2) is 32.0 Å². The van der Waals surface area contributed by atoms with Crippen molar-refractivity contribution in [3.8, 4) is 28.7 Å². The van der Waals surface area contributed by atoms with Crippen molar-refractivity contribution in [1.82, 2.24) is 0 Å². The minimum Gasteiger partial charge on any atom is -0.491 e. The van der Waals surface area contributed by atoms with E-state index in [9.17, 15) is 0 Å². The number of epoxide rings is 2. The van der Waals surface area contributed by atoms with Crippen molar-refractivity contribution in [2.24, 2.45) is 0 Å². The summed E-state index contributed by atoms with van der Waals surface area (Å²) in [6, 6.07) is 37.1. The second kappa shape index (κ2) is 12.0. The number of hydrogen-bond acceptors (Lipinski definition) is 5. The Hall–Kier alpha value is -4.58. The molecule has 2 unspecified atom stereocenters. The summed E-state index contributed by atoms with van der Waals surface area (Å²) in [4.78, 5) is 0. The number of aryl methyl sites for hydroxylation is 1. The summed E-state index contributed by atoms with van der Waals surface area (Å²) in [6.45, 7) is 6.62. The molecule has 2 atom stereocenters. The molecule has 0 amide bonds. The predicted molar refractivity (Wildman–Crippen MR) is 172 cm³/mol. The predicted octanol–water partition coefficient (Wildman–Crippen LogP) is 9.61. The van der Waals surface area contributed by atoms with Crippen LogP contribution in [-0.2, 0) is 9.47 Å². The van der Waals surface area contributed by atoms with Gasteiger partial charge in [0.2, 0.25) is 0 Å². The summed E-state index contributed by atoms with van der Waals surface area (Å²) in [5.74, 6) is 3.99. The Morgan fingerprint density at radius 3 is 1.33 bits per heavy atom. The molecule has 2 fully saturated rings. The Labute approximate surface area is 251 Å². The molecule has 0 bridgehead atoms. The van der Waals surface area contributed by atoms with Gasteiger partial charge in [-0.25, -0.2) is 0 Å². The number of fused-ring (bicyclic) bond motifs is 3. The second-order valence-corrected chi connectivity index (χ2v) is 11.2. The molecule has 216 valence electrons. The van der Waals surface area contributed by atoms with Crippen molar-refractivity contribution in [2.75, 3.05) is 19.8 Å². The molecule has 6 aromatic carbocycles. The Balaban J connectivity index is 0.000000547. The van der Waals surface area contributed by atoms with Gasteiger partial charge < -0.3 is 23.7 Å². The number of hydrogen-bond donors (Lipinski definition) is 0. The molecule has 0 aromatic heterocycles. The van der Waals surface area contributed by atoms with Crippen LogP contribution < -0.4 is 14.2 Å².